The van der Waals surface area contributed by atoms with Crippen molar-refractivity contribution in [2.75, 3.05) is 16.8 Å². The number of halogens is 4. The molecule has 1 amide bonds. The molecule has 0 fully saturated rings. The molecule has 1 atom stereocenters. The van der Waals surface area contributed by atoms with Crippen LogP contribution < -0.4 is 15.5 Å². The lowest BCUT2D eigenvalue weighted by Crippen LogP contribution is -2.43. The van der Waals surface area contributed by atoms with Crippen molar-refractivity contribution in [2.24, 2.45) is 4.99 Å². The van der Waals surface area contributed by atoms with E-state index in [-0.39, 0.29) is 24.5 Å². The number of allylic oxidation sites excluding steroid dienone is 2. The summed E-state index contributed by atoms with van der Waals surface area (Å²) in [6.07, 6.45) is 2.07. The van der Waals surface area contributed by atoms with Crippen molar-refractivity contribution in [2.45, 2.75) is 51.4 Å². The zero-order valence-corrected chi connectivity index (χ0v) is 25.2. The second kappa shape index (κ2) is 14.4. The second-order valence-corrected chi connectivity index (χ2v) is 11.1. The van der Waals surface area contributed by atoms with Crippen LogP contribution >= 0.6 is 11.6 Å². The molecule has 13 heteroatoms. The van der Waals surface area contributed by atoms with Crippen molar-refractivity contribution >= 4 is 40.7 Å². The lowest BCUT2D eigenvalue weighted by Gasteiger charge is -2.30. The smallest absolute Gasteiger partial charge is 0.349 e. The first-order valence-corrected chi connectivity index (χ1v) is 14.9. The summed E-state index contributed by atoms with van der Waals surface area (Å²) in [4.78, 5) is 18.3. The van der Waals surface area contributed by atoms with Gasteiger partial charge in [0.15, 0.2) is 5.96 Å². The number of alkyl halides is 3. The van der Waals surface area contributed by atoms with E-state index in [1.54, 1.807) is 41.3 Å². The first kappa shape index (κ1) is 31.7. The van der Waals surface area contributed by atoms with Gasteiger partial charge in [-0.25, -0.2) is 4.99 Å². The molecular formula is C32H32ClF3N8O. The van der Waals surface area contributed by atoms with E-state index in [9.17, 15) is 18.0 Å². The number of hydrogen-bond donors (Lipinski definition) is 3. The van der Waals surface area contributed by atoms with E-state index < -0.39 is 18.6 Å². The number of tetrazole rings is 1. The molecular weight excluding hydrogens is 605 g/mol. The van der Waals surface area contributed by atoms with Crippen LogP contribution in [0.15, 0.2) is 83.9 Å². The molecule has 1 unspecified atom stereocenters. The molecule has 0 aliphatic heterocycles. The standard InChI is InChI=1S/C32H32ClF3N8O/c1-21(23-11-15-27(33)16-12-23)38-31(37-20-32(34,35)36)44(28-17-13-25(14-18-28)24-5-3-2-4-6-24)19-22-7-9-26(10-8-22)29(45)39-30-40-42-43-41-30/h5,7-18,21H,2-4,6,19-20H2,1H3,(H,37,38)(H2,39,40,41,42,43,45). The molecule has 234 valence electrons. The molecule has 5 rings (SSSR count). The van der Waals surface area contributed by atoms with Gasteiger partial charge in [0.1, 0.15) is 6.54 Å². The third kappa shape index (κ3) is 8.91. The number of hydrogen-bond acceptors (Lipinski definition) is 5. The molecule has 0 saturated carbocycles. The average molecular weight is 637 g/mol. The van der Waals surface area contributed by atoms with Gasteiger partial charge in [-0.05, 0) is 96.5 Å². The van der Waals surface area contributed by atoms with Crippen molar-refractivity contribution in [1.29, 1.82) is 0 Å². The van der Waals surface area contributed by atoms with Crippen molar-refractivity contribution < 1.29 is 18.0 Å². The number of aromatic amines is 1. The van der Waals surface area contributed by atoms with Crippen LogP contribution in [0.2, 0.25) is 5.02 Å². The fraction of sp³-hybridized carbons (Fsp3) is 0.281. The fourth-order valence-corrected chi connectivity index (χ4v) is 5.10. The molecule has 1 aliphatic carbocycles. The number of guanidine groups is 1. The van der Waals surface area contributed by atoms with Gasteiger partial charge in [-0.2, -0.15) is 18.4 Å². The number of anilines is 2. The molecule has 1 heterocycles. The van der Waals surface area contributed by atoms with E-state index in [1.165, 1.54) is 12.0 Å². The topological polar surface area (TPSA) is 111 Å². The van der Waals surface area contributed by atoms with Crippen LogP contribution in [0.4, 0.5) is 24.8 Å². The highest BCUT2D eigenvalue weighted by atomic mass is 35.5. The molecule has 0 radical (unpaired) electrons. The zero-order valence-electron chi connectivity index (χ0n) is 24.5. The number of aromatic nitrogens is 4. The van der Waals surface area contributed by atoms with E-state index in [2.05, 4.69) is 42.3 Å². The van der Waals surface area contributed by atoms with Crippen molar-refractivity contribution in [3.05, 3.63) is 106 Å². The van der Waals surface area contributed by atoms with Gasteiger partial charge in [0.25, 0.3) is 11.9 Å². The van der Waals surface area contributed by atoms with Crippen LogP contribution in [0.5, 0.6) is 0 Å². The number of nitrogens with zero attached hydrogens (tertiary/aromatic N) is 5. The lowest BCUT2D eigenvalue weighted by molar-refractivity contribution is -0.118. The highest BCUT2D eigenvalue weighted by Gasteiger charge is 2.28. The molecule has 0 spiro atoms. The van der Waals surface area contributed by atoms with Gasteiger partial charge in [0, 0.05) is 16.3 Å². The van der Waals surface area contributed by atoms with Crippen LogP contribution in [0.3, 0.4) is 0 Å². The number of nitrogens with one attached hydrogen (secondary N) is 3. The number of amides is 1. The van der Waals surface area contributed by atoms with Gasteiger partial charge in [0.05, 0.1) is 12.6 Å². The Morgan fingerprint density at radius 1 is 1.04 bits per heavy atom. The second-order valence-electron chi connectivity index (χ2n) is 10.7. The fourth-order valence-electron chi connectivity index (χ4n) is 4.98. The molecule has 1 aliphatic rings. The maximum absolute atomic E-state index is 13.5. The third-order valence-corrected chi connectivity index (χ3v) is 7.60. The lowest BCUT2D eigenvalue weighted by atomic mass is 9.93. The summed E-state index contributed by atoms with van der Waals surface area (Å²) in [6.45, 7) is 0.658. The molecule has 0 bridgehead atoms. The Labute approximate surface area is 263 Å². The highest BCUT2D eigenvalue weighted by Crippen LogP contribution is 2.29. The van der Waals surface area contributed by atoms with E-state index in [1.807, 2.05) is 43.3 Å². The van der Waals surface area contributed by atoms with E-state index in [4.69, 9.17) is 11.6 Å². The highest BCUT2D eigenvalue weighted by molar-refractivity contribution is 6.30. The minimum atomic E-state index is -4.51. The summed E-state index contributed by atoms with van der Waals surface area (Å²) in [7, 11) is 0. The molecule has 45 heavy (non-hydrogen) atoms. The van der Waals surface area contributed by atoms with Crippen LogP contribution in [-0.4, -0.2) is 45.2 Å². The predicted octanol–water partition coefficient (Wildman–Crippen LogP) is 7.34. The van der Waals surface area contributed by atoms with Gasteiger partial charge in [-0.1, -0.05) is 59.2 Å². The van der Waals surface area contributed by atoms with Crippen LogP contribution in [0, 0.1) is 0 Å². The van der Waals surface area contributed by atoms with Crippen LogP contribution in [-0.2, 0) is 6.54 Å². The molecule has 0 saturated heterocycles. The minimum absolute atomic E-state index is 0.0362. The van der Waals surface area contributed by atoms with Gasteiger partial charge in [-0.3, -0.25) is 10.1 Å². The van der Waals surface area contributed by atoms with Crippen molar-refractivity contribution in [3.63, 3.8) is 0 Å². The van der Waals surface area contributed by atoms with Gasteiger partial charge >= 0.3 is 6.18 Å². The Balaban J connectivity index is 1.46. The summed E-state index contributed by atoms with van der Waals surface area (Å²) in [6, 6.07) is 21.2. The predicted molar refractivity (Wildman–Crippen MR) is 169 cm³/mol. The third-order valence-electron chi connectivity index (χ3n) is 7.35. The molecule has 3 N–H and O–H groups in total. The Bertz CT molecular complexity index is 1620. The number of rotatable bonds is 9. The summed E-state index contributed by atoms with van der Waals surface area (Å²) in [5.74, 6) is -0.342. The molecule has 1 aromatic heterocycles. The summed E-state index contributed by atoms with van der Waals surface area (Å²) < 4.78 is 40.5. The van der Waals surface area contributed by atoms with Gasteiger partial charge in [0.2, 0.25) is 0 Å². The molecule has 3 aromatic carbocycles. The SMILES string of the molecule is CC(NC(=NCC(F)(F)F)N(Cc1ccc(C(=O)Nc2nn[nH]n2)cc1)c1ccc(C2=CCCCC2)cc1)c1ccc(Cl)cc1. The maximum Gasteiger partial charge on any atom is 0.408 e. The Morgan fingerprint density at radius 3 is 2.40 bits per heavy atom. The monoisotopic (exact) mass is 636 g/mol. The average Bonchev–Trinajstić information content (AvgIpc) is 3.56. The summed E-state index contributed by atoms with van der Waals surface area (Å²) >= 11 is 6.06. The number of H-pyrrole nitrogens is 1. The van der Waals surface area contributed by atoms with Crippen LogP contribution in [0.25, 0.3) is 5.57 Å². The largest absolute Gasteiger partial charge is 0.408 e. The number of aliphatic imine (C=N–C) groups is 1. The van der Waals surface area contributed by atoms with Gasteiger partial charge in [-0.15, -0.1) is 5.10 Å². The Morgan fingerprint density at radius 2 is 1.78 bits per heavy atom. The minimum Gasteiger partial charge on any atom is -0.349 e. The number of carbonyl (C=O) groups is 1. The maximum atomic E-state index is 13.5. The first-order valence-electron chi connectivity index (χ1n) is 14.5. The normalized spacial score (nSPS) is 14.4. The summed E-state index contributed by atoms with van der Waals surface area (Å²) in [5.41, 5.74) is 4.94. The molecule has 4 aromatic rings. The number of benzene rings is 3. The number of carbonyl (C=O) groups excluding carboxylic acids is 1. The first-order chi connectivity index (χ1) is 21.6. The quantitative estimate of drug-likeness (QED) is 0.131. The van der Waals surface area contributed by atoms with E-state index >= 15 is 0 Å². The van der Waals surface area contributed by atoms with E-state index in [0.717, 1.165) is 36.0 Å². The van der Waals surface area contributed by atoms with E-state index in [0.29, 0.717) is 16.3 Å². The Kier molecular flexibility index (Phi) is 10.1. The summed E-state index contributed by atoms with van der Waals surface area (Å²) in [5, 5.41) is 19.4. The van der Waals surface area contributed by atoms with Crippen molar-refractivity contribution in [1.82, 2.24) is 25.9 Å². The van der Waals surface area contributed by atoms with Crippen molar-refractivity contribution in [3.8, 4) is 0 Å². The van der Waals surface area contributed by atoms with Crippen LogP contribution in [0.1, 0.15) is 65.7 Å². The molecule has 9 nitrogen and oxygen atoms in total. The zero-order chi connectivity index (χ0) is 31.8. The van der Waals surface area contributed by atoms with Gasteiger partial charge < -0.3 is 10.2 Å². The Hall–Kier alpha value is -4.71.